The molecule has 2 saturated heterocycles. The molecular weight excluding hydrogens is 1160 g/mol. The van der Waals surface area contributed by atoms with Gasteiger partial charge in [0.2, 0.25) is 0 Å². The number of unbranched alkanes of at least 4 members (excludes halogenated alkanes) is 2. The fourth-order valence-corrected chi connectivity index (χ4v) is 23.6. The number of aliphatic hydroxyl groups is 6. The van der Waals surface area contributed by atoms with E-state index in [1.807, 2.05) is 18.5 Å². The summed E-state index contributed by atoms with van der Waals surface area (Å²) in [5, 5.41) is 92.7. The average Bonchev–Trinajstić information content (AvgIpc) is 1.65. The standard InChI is InChI=1S/C71H101N5O11S2/c1-7-9-10-24-70-52-38-89-88-37-46(41-16-19-47(78)20-17-41)32-54(79)53(36-77)76-61(64(70)83)60-51(67(70,5)34-55(80)62(52)82)22-25-69(26-28-75-66(72)73)63-44(33-71(60,69)86)13-11-12-43(58-56(8-2)87-65(84)59(58)45-23-27-74-35-45)31-50-48(40(4)30-57(81)68(63,6)85)21-18-42-15-14-39(3)29-49(42)50/h16-20,23,27,35,39-40,43-44,46,48-53,55-59,62-63,74,76-78,80-82,85-86H,7-10,13-15,21-22,24-26,28-34,36-38H2,1-6H3,(H4,72,73,75). The first-order chi connectivity index (χ1) is 42.5. The van der Waals surface area contributed by atoms with Gasteiger partial charge in [-0.1, -0.05) is 105 Å². The minimum absolute atomic E-state index is 0.0185. The molecule has 2 bridgehead atoms. The van der Waals surface area contributed by atoms with Crippen molar-refractivity contribution in [3.8, 4) is 17.6 Å². The van der Waals surface area contributed by atoms with Crippen molar-refractivity contribution in [1.82, 2.24) is 10.3 Å². The van der Waals surface area contributed by atoms with Gasteiger partial charge in [0.25, 0.3) is 0 Å². The number of carbonyl (C=O) groups is 3. The summed E-state index contributed by atoms with van der Waals surface area (Å²) in [6.45, 7) is 11.9. The Balaban J connectivity index is 1.12. The molecule has 1 aromatic heterocycles. The van der Waals surface area contributed by atoms with Gasteiger partial charge in [0.15, 0.2) is 17.5 Å². The van der Waals surface area contributed by atoms with Gasteiger partial charge < -0.3 is 62.3 Å². The van der Waals surface area contributed by atoms with E-state index in [9.17, 15) is 35.4 Å². The molecule has 13 N–H and O–H groups in total. The number of allylic oxidation sites excluding steroid dienone is 3. The summed E-state index contributed by atoms with van der Waals surface area (Å²) in [7, 11) is 3.05. The Bertz CT molecular complexity index is 3070. The van der Waals surface area contributed by atoms with Gasteiger partial charge >= 0.3 is 5.97 Å². The van der Waals surface area contributed by atoms with Crippen molar-refractivity contribution in [2.45, 2.75) is 211 Å². The topological polar surface area (TPSA) is 294 Å². The van der Waals surface area contributed by atoms with E-state index in [0.717, 1.165) is 49.7 Å². The first kappa shape index (κ1) is 66.1. The summed E-state index contributed by atoms with van der Waals surface area (Å²) in [5.74, 6) is 3.93. The van der Waals surface area contributed by atoms with Gasteiger partial charge in [0.05, 0.1) is 47.7 Å². The van der Waals surface area contributed by atoms with Crippen LogP contribution >= 0.6 is 21.6 Å². The average molecular weight is 1260 g/mol. The molecule has 2 aliphatic heterocycles. The molecule has 18 heteroatoms. The number of ketones is 2. The number of esters is 1. The number of aliphatic hydroxyl groups excluding tert-OH is 4. The molecule has 6 fully saturated rings. The van der Waals surface area contributed by atoms with E-state index >= 15 is 14.7 Å². The molecule has 0 amide bonds. The highest BCUT2D eigenvalue weighted by Crippen LogP contribution is 2.75. The number of phenolic OH excluding ortho intramolecular Hbond substituents is 1. The fourth-order valence-electron chi connectivity index (χ4n) is 20.8. The number of guanidine groups is 1. The highest BCUT2D eigenvalue weighted by molar-refractivity contribution is 8.76. The predicted molar refractivity (Wildman–Crippen MR) is 348 cm³/mol. The smallest absolute Gasteiger partial charge is 0.314 e. The molecule has 7 aliphatic carbocycles. The summed E-state index contributed by atoms with van der Waals surface area (Å²) in [6, 6.07) is 7.39. The maximum absolute atomic E-state index is 17.1. The van der Waals surface area contributed by atoms with E-state index in [1.165, 1.54) is 27.2 Å². The number of aliphatic imine (C=N–C) groups is 1. The number of hydrogen-bond acceptors (Lipinski definition) is 15. The number of fused-ring (bicyclic) bond motifs is 10. The van der Waals surface area contributed by atoms with Gasteiger partial charge in [0, 0.05) is 83.7 Å². The molecule has 4 saturated carbocycles. The van der Waals surface area contributed by atoms with E-state index in [1.54, 1.807) is 31.2 Å². The summed E-state index contributed by atoms with van der Waals surface area (Å²) < 4.78 is 6.35. The quantitative estimate of drug-likeness (QED) is 0.0180. The van der Waals surface area contributed by atoms with Crippen LogP contribution in [-0.2, 0) is 19.1 Å². The molecule has 9 aliphatic rings. The second kappa shape index (κ2) is 26.2. The number of benzene rings is 1. The molecule has 23 unspecified atom stereocenters. The highest BCUT2D eigenvalue weighted by atomic mass is 33.1. The Morgan fingerprint density at radius 2 is 1.69 bits per heavy atom. The van der Waals surface area contributed by atoms with Crippen LogP contribution in [0.3, 0.4) is 0 Å². The maximum Gasteiger partial charge on any atom is 0.314 e. The van der Waals surface area contributed by atoms with Crippen LogP contribution in [-0.4, -0.2) is 131 Å². The molecule has 11 rings (SSSR count). The summed E-state index contributed by atoms with van der Waals surface area (Å²) in [4.78, 5) is 54.4. The molecular formula is C71H101N5O11S2. The third-order valence-electron chi connectivity index (χ3n) is 25.0. The number of hydrogen-bond donors (Lipinski definition) is 11. The van der Waals surface area contributed by atoms with Crippen molar-refractivity contribution < 1.29 is 54.9 Å². The van der Waals surface area contributed by atoms with Crippen molar-refractivity contribution in [2.24, 2.45) is 97.8 Å². The summed E-state index contributed by atoms with van der Waals surface area (Å²) in [5.41, 5.74) is 8.22. The number of cyclic esters (lactones) is 1. The molecule has 2 aromatic rings. The molecule has 89 heavy (non-hydrogen) atoms. The fraction of sp³-hybridized carbons (Fsp3) is 0.718. The first-order valence-corrected chi connectivity index (χ1v) is 36.3. The van der Waals surface area contributed by atoms with E-state index in [4.69, 9.17) is 16.2 Å². The predicted octanol–water partition coefficient (Wildman–Crippen LogP) is 8.97. The van der Waals surface area contributed by atoms with Crippen molar-refractivity contribution in [1.29, 1.82) is 0 Å². The number of H-pyrrole nitrogens is 1. The van der Waals surface area contributed by atoms with Crippen LogP contribution in [0.4, 0.5) is 0 Å². The number of carbonyl (C=O) groups excluding carboxylic acids is 3. The van der Waals surface area contributed by atoms with Gasteiger partial charge in [-0.2, -0.15) is 0 Å². The lowest BCUT2D eigenvalue weighted by atomic mass is 9.37. The van der Waals surface area contributed by atoms with Gasteiger partial charge in [-0.05, 0) is 172 Å². The number of Topliss-reactive ketones (excluding diaryl/α,β-unsaturated/α-hetero) is 2. The van der Waals surface area contributed by atoms with Crippen LogP contribution in [0.15, 0.2) is 70.6 Å². The van der Waals surface area contributed by atoms with Crippen molar-refractivity contribution in [3.05, 3.63) is 76.8 Å². The van der Waals surface area contributed by atoms with Crippen LogP contribution in [0, 0.1) is 93.2 Å². The number of aromatic amines is 1. The van der Waals surface area contributed by atoms with Crippen LogP contribution in [0.25, 0.3) is 0 Å². The Labute approximate surface area is 534 Å². The minimum Gasteiger partial charge on any atom is -0.508 e. The van der Waals surface area contributed by atoms with E-state index in [-0.39, 0.29) is 122 Å². The molecule has 16 nitrogen and oxygen atoms in total. The molecule has 1 aromatic carbocycles. The monoisotopic (exact) mass is 1260 g/mol. The number of nitrogens with one attached hydrogen (secondary N) is 2. The Morgan fingerprint density at radius 3 is 2.39 bits per heavy atom. The number of nitrogens with two attached hydrogens (primary N) is 2. The molecule has 23 atom stereocenters. The number of nitrogens with zero attached hydrogens (tertiary/aromatic N) is 1. The second-order valence-electron chi connectivity index (χ2n) is 29.6. The van der Waals surface area contributed by atoms with Crippen molar-refractivity contribution >= 4 is 45.1 Å². The number of aromatic hydroxyl groups is 1. The SMILES string of the molecule is CCCCCC12C(=O)C3=C4C(CCC5(CCN=C(N)N)C6C(CC#CC(C7C(CC)OC(=O)C7c7cc[nH]c7)CC7C8CC(C)CCC8=CCC7C(C)CC(O)C6(C)O)CC45O)C1(C)CC(O)C(O)C2CSSCC(c1ccc(O)cc1)CC(=O)C(CO)N3. The van der Waals surface area contributed by atoms with E-state index in [0.29, 0.717) is 61.0 Å². The van der Waals surface area contributed by atoms with Crippen molar-refractivity contribution in [2.75, 3.05) is 24.7 Å². The molecule has 488 valence electrons. The molecule has 0 spiro atoms. The third kappa shape index (κ3) is 11.5. The number of phenols is 1. The van der Waals surface area contributed by atoms with Crippen LogP contribution in [0.5, 0.6) is 5.75 Å². The maximum atomic E-state index is 17.1. The molecule has 0 radical (unpaired) electrons. The summed E-state index contributed by atoms with van der Waals surface area (Å²) in [6.07, 6.45) is 11.2. The van der Waals surface area contributed by atoms with Crippen LogP contribution in [0.2, 0.25) is 0 Å². The van der Waals surface area contributed by atoms with Gasteiger partial charge in [0.1, 0.15) is 17.9 Å². The third-order valence-corrected chi connectivity index (χ3v) is 27.5. The number of ether oxygens (including phenoxy) is 1. The van der Waals surface area contributed by atoms with Gasteiger partial charge in [-0.25, -0.2) is 0 Å². The minimum atomic E-state index is -1.99. The second-order valence-corrected chi connectivity index (χ2v) is 32.1. The van der Waals surface area contributed by atoms with E-state index in [2.05, 4.69) is 67.8 Å². The Hall–Kier alpha value is -4.32. The highest BCUT2D eigenvalue weighted by Gasteiger charge is 2.77. The van der Waals surface area contributed by atoms with Crippen LogP contribution < -0.4 is 16.8 Å². The van der Waals surface area contributed by atoms with Crippen molar-refractivity contribution in [3.63, 3.8) is 0 Å². The number of rotatable bonds is 12. The zero-order valence-corrected chi connectivity index (χ0v) is 54.9. The Morgan fingerprint density at radius 1 is 0.921 bits per heavy atom. The molecule has 3 heterocycles. The zero-order chi connectivity index (χ0) is 63.5. The zero-order valence-electron chi connectivity index (χ0n) is 53.2. The summed E-state index contributed by atoms with van der Waals surface area (Å²) >= 11 is 0. The number of aromatic nitrogens is 1. The van der Waals surface area contributed by atoms with E-state index < -0.39 is 94.1 Å². The first-order valence-electron chi connectivity index (χ1n) is 33.8. The lowest BCUT2D eigenvalue weighted by molar-refractivity contribution is -0.213. The van der Waals surface area contributed by atoms with Gasteiger partial charge in [-0.3, -0.25) is 19.4 Å². The largest absolute Gasteiger partial charge is 0.508 e. The normalized spacial score (nSPS) is 43.3. The van der Waals surface area contributed by atoms with Crippen LogP contribution in [0.1, 0.15) is 180 Å². The Kier molecular flexibility index (Phi) is 19.5. The lowest BCUT2D eigenvalue weighted by Crippen LogP contribution is -2.71. The van der Waals surface area contributed by atoms with Gasteiger partial charge in [-0.15, -0.1) is 5.92 Å². The lowest BCUT2D eigenvalue weighted by Gasteiger charge is -2.68.